The molecule has 166 valence electrons. The molecular formula is C26H34N2O3. The van der Waals surface area contributed by atoms with Crippen LogP contribution < -0.4 is 10.1 Å². The molecule has 1 aliphatic heterocycles. The molecule has 2 aromatic rings. The monoisotopic (exact) mass is 422 g/mol. The van der Waals surface area contributed by atoms with Gasteiger partial charge in [-0.05, 0) is 54.5 Å². The Morgan fingerprint density at radius 1 is 1.13 bits per heavy atom. The average Bonchev–Trinajstić information content (AvgIpc) is 2.76. The molecule has 0 saturated heterocycles. The van der Waals surface area contributed by atoms with Crippen LogP contribution in [0.1, 0.15) is 63.3 Å². The lowest BCUT2D eigenvalue weighted by atomic mass is 9.87. The van der Waals surface area contributed by atoms with Gasteiger partial charge in [0.15, 0.2) is 6.10 Å². The summed E-state index contributed by atoms with van der Waals surface area (Å²) in [5, 5.41) is 2.84. The number of likely N-dealkylation sites (N-methyl/N-ethyl adjacent to an activating group) is 1. The van der Waals surface area contributed by atoms with Gasteiger partial charge < -0.3 is 15.0 Å². The third-order valence-electron chi connectivity index (χ3n) is 5.66. The molecule has 0 fully saturated rings. The number of fused-ring (bicyclic) bond motifs is 1. The largest absolute Gasteiger partial charge is 0.481 e. The van der Waals surface area contributed by atoms with Crippen molar-refractivity contribution in [1.29, 1.82) is 0 Å². The topological polar surface area (TPSA) is 58.6 Å². The van der Waals surface area contributed by atoms with Crippen molar-refractivity contribution in [1.82, 2.24) is 10.2 Å². The van der Waals surface area contributed by atoms with Crippen LogP contribution in [0, 0.1) is 5.92 Å². The number of ether oxygens (including phenoxy) is 1. The maximum atomic E-state index is 13.1. The van der Waals surface area contributed by atoms with Gasteiger partial charge in [-0.1, -0.05) is 57.2 Å². The summed E-state index contributed by atoms with van der Waals surface area (Å²) in [5.41, 5.74) is 3.40. The Morgan fingerprint density at radius 3 is 2.52 bits per heavy atom. The Balaban J connectivity index is 1.97. The number of benzene rings is 2. The number of hydrogen-bond donors (Lipinski definition) is 1. The van der Waals surface area contributed by atoms with Gasteiger partial charge in [-0.3, -0.25) is 9.59 Å². The minimum absolute atomic E-state index is 0.101. The van der Waals surface area contributed by atoms with E-state index >= 15 is 0 Å². The highest BCUT2D eigenvalue weighted by atomic mass is 16.5. The van der Waals surface area contributed by atoms with Crippen LogP contribution in [0.3, 0.4) is 0 Å². The number of hydrogen-bond acceptors (Lipinski definition) is 3. The van der Waals surface area contributed by atoms with Crippen molar-refractivity contribution >= 4 is 11.8 Å². The Kier molecular flexibility index (Phi) is 7.72. The van der Waals surface area contributed by atoms with E-state index in [1.807, 2.05) is 49.1 Å². The zero-order chi connectivity index (χ0) is 22.4. The number of amides is 2. The van der Waals surface area contributed by atoms with Crippen molar-refractivity contribution in [2.75, 3.05) is 13.1 Å². The van der Waals surface area contributed by atoms with Crippen molar-refractivity contribution in [3.8, 4) is 5.75 Å². The fourth-order valence-corrected chi connectivity index (χ4v) is 4.17. The highest BCUT2D eigenvalue weighted by Gasteiger charge is 2.32. The van der Waals surface area contributed by atoms with Gasteiger partial charge >= 0.3 is 0 Å². The third kappa shape index (κ3) is 5.46. The summed E-state index contributed by atoms with van der Waals surface area (Å²) in [5.74, 6) is 1.05. The quantitative estimate of drug-likeness (QED) is 0.681. The van der Waals surface area contributed by atoms with Gasteiger partial charge in [-0.15, -0.1) is 0 Å². The Bertz CT molecular complexity index is 895. The van der Waals surface area contributed by atoms with E-state index in [0.29, 0.717) is 37.6 Å². The molecule has 1 N–H and O–H groups in total. The lowest BCUT2D eigenvalue weighted by Crippen LogP contribution is -2.41. The first kappa shape index (κ1) is 22.9. The second kappa shape index (κ2) is 10.5. The predicted octanol–water partition coefficient (Wildman–Crippen LogP) is 4.50. The maximum absolute atomic E-state index is 13.1. The van der Waals surface area contributed by atoms with E-state index in [9.17, 15) is 9.59 Å². The van der Waals surface area contributed by atoms with Crippen molar-refractivity contribution in [3.63, 3.8) is 0 Å². The lowest BCUT2D eigenvalue weighted by molar-refractivity contribution is -0.134. The zero-order valence-electron chi connectivity index (χ0n) is 19.1. The summed E-state index contributed by atoms with van der Waals surface area (Å²) < 4.78 is 6.07. The molecule has 5 nitrogen and oxygen atoms in total. The highest BCUT2D eigenvalue weighted by Crippen LogP contribution is 2.38. The molecule has 3 rings (SSSR count). The molecular weight excluding hydrogens is 388 g/mol. The van der Waals surface area contributed by atoms with Gasteiger partial charge in [0.25, 0.3) is 5.91 Å². The second-order valence-electron chi connectivity index (χ2n) is 8.52. The first-order valence-electron chi connectivity index (χ1n) is 11.4. The van der Waals surface area contributed by atoms with Gasteiger partial charge in [0, 0.05) is 19.5 Å². The van der Waals surface area contributed by atoms with Gasteiger partial charge in [-0.25, -0.2) is 0 Å². The van der Waals surface area contributed by atoms with Crippen LogP contribution in [0.15, 0.2) is 48.5 Å². The van der Waals surface area contributed by atoms with Gasteiger partial charge in [0.2, 0.25) is 5.91 Å². The molecule has 5 heteroatoms. The summed E-state index contributed by atoms with van der Waals surface area (Å²) in [7, 11) is 0. The summed E-state index contributed by atoms with van der Waals surface area (Å²) in [4.78, 5) is 27.4. The Labute approximate surface area is 185 Å². The van der Waals surface area contributed by atoms with Crippen molar-refractivity contribution < 1.29 is 14.3 Å². The van der Waals surface area contributed by atoms with Gasteiger partial charge in [0.05, 0.1) is 6.04 Å². The fourth-order valence-electron chi connectivity index (χ4n) is 4.17. The third-order valence-corrected chi connectivity index (χ3v) is 5.66. The SMILES string of the molecule is CCNC(=O)[C@H](CC)Oc1ccc2c(c1)[C@H](c1ccccc1)N(C(=O)CC(C)C)CC2. The van der Waals surface area contributed by atoms with Crippen molar-refractivity contribution in [3.05, 3.63) is 65.2 Å². The van der Waals surface area contributed by atoms with E-state index in [1.165, 1.54) is 5.56 Å². The Morgan fingerprint density at radius 2 is 1.87 bits per heavy atom. The van der Waals surface area contributed by atoms with Crippen LogP contribution in [0.25, 0.3) is 0 Å². The van der Waals surface area contributed by atoms with Crippen molar-refractivity contribution in [2.45, 2.75) is 59.1 Å². The second-order valence-corrected chi connectivity index (χ2v) is 8.52. The average molecular weight is 423 g/mol. The van der Waals surface area contributed by atoms with Crippen LogP contribution in [-0.4, -0.2) is 35.9 Å². The summed E-state index contributed by atoms with van der Waals surface area (Å²) in [6.45, 7) is 9.27. The number of carbonyl (C=O) groups is 2. The number of nitrogens with zero attached hydrogens (tertiary/aromatic N) is 1. The normalized spacial score (nSPS) is 16.5. The standard InChI is InChI=1S/C26H34N2O3/c1-5-23(26(30)27-6-2)31-21-13-12-19-14-15-28(24(29)16-18(3)4)25(22(19)17-21)20-10-8-7-9-11-20/h7-13,17-18,23,25H,5-6,14-16H2,1-4H3,(H,27,30)/t23-,25-/m0/s1. The number of rotatable bonds is 8. The van der Waals surface area contributed by atoms with Crippen LogP contribution in [0.2, 0.25) is 0 Å². The summed E-state index contributed by atoms with van der Waals surface area (Å²) >= 11 is 0. The van der Waals surface area contributed by atoms with Crippen molar-refractivity contribution in [2.24, 2.45) is 5.92 Å². The lowest BCUT2D eigenvalue weighted by Gasteiger charge is -2.38. The molecule has 0 radical (unpaired) electrons. The predicted molar refractivity (Wildman–Crippen MR) is 123 cm³/mol. The zero-order valence-corrected chi connectivity index (χ0v) is 19.1. The van der Waals surface area contributed by atoms with E-state index in [-0.39, 0.29) is 17.9 Å². The molecule has 1 aliphatic rings. The van der Waals surface area contributed by atoms with Gasteiger partial charge in [-0.2, -0.15) is 0 Å². The number of nitrogens with one attached hydrogen (secondary N) is 1. The minimum Gasteiger partial charge on any atom is -0.481 e. The van der Waals surface area contributed by atoms with Crippen LogP contribution >= 0.6 is 0 Å². The van der Waals surface area contributed by atoms with E-state index < -0.39 is 6.10 Å². The molecule has 2 aromatic carbocycles. The Hall–Kier alpha value is -2.82. The molecule has 0 aromatic heterocycles. The highest BCUT2D eigenvalue weighted by molar-refractivity contribution is 5.81. The van der Waals surface area contributed by atoms with Gasteiger partial charge in [0.1, 0.15) is 5.75 Å². The molecule has 0 bridgehead atoms. The first-order chi connectivity index (χ1) is 14.9. The molecule has 2 amide bonds. The van der Waals surface area contributed by atoms with E-state index in [0.717, 1.165) is 17.5 Å². The van der Waals surface area contributed by atoms with E-state index in [2.05, 4.69) is 37.4 Å². The molecule has 0 spiro atoms. The van der Waals surface area contributed by atoms with E-state index in [1.54, 1.807) is 0 Å². The fraction of sp³-hybridized carbons (Fsp3) is 0.462. The smallest absolute Gasteiger partial charge is 0.261 e. The van der Waals surface area contributed by atoms with Crippen LogP contribution in [0.5, 0.6) is 5.75 Å². The molecule has 0 saturated carbocycles. The van der Waals surface area contributed by atoms with E-state index in [4.69, 9.17) is 4.74 Å². The molecule has 0 aliphatic carbocycles. The molecule has 0 unspecified atom stereocenters. The summed E-state index contributed by atoms with van der Waals surface area (Å²) in [6, 6.07) is 16.1. The maximum Gasteiger partial charge on any atom is 0.261 e. The number of carbonyl (C=O) groups excluding carboxylic acids is 2. The molecule has 2 atom stereocenters. The van der Waals surface area contributed by atoms with Crippen LogP contribution in [-0.2, 0) is 16.0 Å². The van der Waals surface area contributed by atoms with Crippen LogP contribution in [0.4, 0.5) is 0 Å². The minimum atomic E-state index is -0.532. The first-order valence-corrected chi connectivity index (χ1v) is 11.4. The molecule has 31 heavy (non-hydrogen) atoms. The molecule has 1 heterocycles. The summed E-state index contributed by atoms with van der Waals surface area (Å²) in [6.07, 6.45) is 1.40.